The van der Waals surface area contributed by atoms with Gasteiger partial charge < -0.3 is 10.0 Å². The quantitative estimate of drug-likeness (QED) is 0.892. The average molecular weight is 271 g/mol. The summed E-state index contributed by atoms with van der Waals surface area (Å²) < 4.78 is 26.3. The average Bonchev–Trinajstić information content (AvgIpc) is 2.34. The third-order valence-electron chi connectivity index (χ3n) is 2.75. The Morgan fingerprint density at radius 2 is 2.00 bits per heavy atom. The molecule has 1 rings (SSSR count). The van der Waals surface area contributed by atoms with E-state index in [0.29, 0.717) is 6.07 Å². The molecule has 0 spiro atoms. The molecule has 1 aromatic carbocycles. The number of rotatable bonds is 5. The molecule has 1 amide bonds. The van der Waals surface area contributed by atoms with Gasteiger partial charge in [0.15, 0.2) is 0 Å². The van der Waals surface area contributed by atoms with Gasteiger partial charge >= 0.3 is 5.97 Å². The molecule has 0 aliphatic carbocycles. The molecule has 1 atom stereocenters. The molecule has 0 aliphatic rings. The Morgan fingerprint density at radius 3 is 2.47 bits per heavy atom. The van der Waals surface area contributed by atoms with E-state index in [-0.39, 0.29) is 18.7 Å². The van der Waals surface area contributed by atoms with E-state index in [1.807, 2.05) is 0 Å². The number of carboxylic acid groups (broad SMARTS) is 1. The number of hydrogen-bond donors (Lipinski definition) is 1. The molecule has 0 aliphatic heterocycles. The van der Waals surface area contributed by atoms with Gasteiger partial charge in [-0.3, -0.25) is 9.59 Å². The molecule has 1 aromatic rings. The van der Waals surface area contributed by atoms with Crippen molar-refractivity contribution in [3.8, 4) is 0 Å². The van der Waals surface area contributed by atoms with Crippen molar-refractivity contribution in [3.63, 3.8) is 0 Å². The highest BCUT2D eigenvalue weighted by Crippen LogP contribution is 2.13. The minimum absolute atomic E-state index is 0.0263. The molecular weight excluding hydrogens is 256 g/mol. The molecule has 0 heterocycles. The van der Waals surface area contributed by atoms with Gasteiger partial charge in [-0.05, 0) is 19.1 Å². The molecule has 1 unspecified atom stereocenters. The van der Waals surface area contributed by atoms with Gasteiger partial charge in [0.1, 0.15) is 11.6 Å². The number of benzene rings is 1. The zero-order valence-electron chi connectivity index (χ0n) is 10.7. The third-order valence-corrected chi connectivity index (χ3v) is 2.75. The summed E-state index contributed by atoms with van der Waals surface area (Å²) in [5.41, 5.74) is -0.263. The lowest BCUT2D eigenvalue weighted by Crippen LogP contribution is -2.37. The maximum absolute atomic E-state index is 13.5. The smallest absolute Gasteiger partial charge is 0.308 e. The van der Waals surface area contributed by atoms with Gasteiger partial charge in [0.05, 0.1) is 11.5 Å². The van der Waals surface area contributed by atoms with Crippen molar-refractivity contribution in [2.24, 2.45) is 5.92 Å². The molecule has 19 heavy (non-hydrogen) atoms. The van der Waals surface area contributed by atoms with Crippen LogP contribution in [0.25, 0.3) is 0 Å². The molecule has 0 aromatic heterocycles. The van der Waals surface area contributed by atoms with Crippen molar-refractivity contribution >= 4 is 11.9 Å². The second-order valence-corrected chi connectivity index (χ2v) is 4.21. The monoisotopic (exact) mass is 271 g/mol. The number of nitrogens with zero attached hydrogens (tertiary/aromatic N) is 1. The fraction of sp³-hybridized carbons (Fsp3) is 0.385. The van der Waals surface area contributed by atoms with Gasteiger partial charge in [0.25, 0.3) is 5.91 Å². The van der Waals surface area contributed by atoms with Crippen LogP contribution < -0.4 is 0 Å². The first-order valence-corrected chi connectivity index (χ1v) is 5.84. The van der Waals surface area contributed by atoms with Gasteiger partial charge in [-0.25, -0.2) is 8.78 Å². The lowest BCUT2D eigenvalue weighted by molar-refractivity contribution is -0.141. The first-order chi connectivity index (χ1) is 8.86. The number of aliphatic carboxylic acids is 1. The van der Waals surface area contributed by atoms with E-state index in [0.717, 1.165) is 12.1 Å². The Morgan fingerprint density at radius 1 is 1.37 bits per heavy atom. The van der Waals surface area contributed by atoms with E-state index in [1.54, 1.807) is 6.92 Å². The van der Waals surface area contributed by atoms with Gasteiger partial charge in [-0.1, -0.05) is 6.92 Å². The van der Waals surface area contributed by atoms with E-state index in [9.17, 15) is 18.4 Å². The first-order valence-electron chi connectivity index (χ1n) is 5.84. The van der Waals surface area contributed by atoms with Crippen LogP contribution in [0, 0.1) is 17.6 Å². The van der Waals surface area contributed by atoms with Crippen LogP contribution in [0.5, 0.6) is 0 Å². The van der Waals surface area contributed by atoms with Gasteiger partial charge in [0, 0.05) is 19.2 Å². The molecular formula is C13H15F2NO3. The van der Waals surface area contributed by atoms with Crippen molar-refractivity contribution in [3.05, 3.63) is 35.4 Å². The molecule has 0 fully saturated rings. The summed E-state index contributed by atoms with van der Waals surface area (Å²) in [6, 6.07) is 2.67. The number of hydrogen-bond acceptors (Lipinski definition) is 2. The van der Waals surface area contributed by atoms with Crippen LogP contribution in [0.3, 0.4) is 0 Å². The molecule has 0 saturated carbocycles. The Balaban J connectivity index is 2.92. The standard InChI is InChI=1S/C13H15F2NO3/c1-3-16(7-8(2)13(18)19)12(17)10-5-4-9(14)6-11(10)15/h4-6,8H,3,7H2,1-2H3,(H,18,19). The third kappa shape index (κ3) is 3.74. The highest BCUT2D eigenvalue weighted by molar-refractivity contribution is 5.94. The predicted octanol–water partition coefficient (Wildman–Crippen LogP) is 2.15. The highest BCUT2D eigenvalue weighted by Gasteiger charge is 2.22. The highest BCUT2D eigenvalue weighted by atomic mass is 19.1. The predicted molar refractivity (Wildman–Crippen MR) is 64.7 cm³/mol. The molecule has 0 saturated heterocycles. The SMILES string of the molecule is CCN(CC(C)C(=O)O)C(=O)c1ccc(F)cc1F. The summed E-state index contributed by atoms with van der Waals surface area (Å²) >= 11 is 0. The normalized spacial score (nSPS) is 12.0. The second-order valence-electron chi connectivity index (χ2n) is 4.21. The number of carbonyl (C=O) groups excluding carboxylic acids is 1. The second kappa shape index (κ2) is 6.26. The maximum atomic E-state index is 13.5. The summed E-state index contributed by atoms with van der Waals surface area (Å²) in [5, 5.41) is 8.81. The summed E-state index contributed by atoms with van der Waals surface area (Å²) in [5.74, 6) is -4.16. The first kappa shape index (κ1) is 15.1. The lowest BCUT2D eigenvalue weighted by atomic mass is 10.1. The van der Waals surface area contributed by atoms with E-state index >= 15 is 0 Å². The molecule has 104 valence electrons. The molecule has 6 heteroatoms. The number of amides is 1. The maximum Gasteiger partial charge on any atom is 0.308 e. The largest absolute Gasteiger partial charge is 0.481 e. The zero-order chi connectivity index (χ0) is 14.6. The van der Waals surface area contributed by atoms with Crippen LogP contribution in [-0.2, 0) is 4.79 Å². The minimum atomic E-state index is -1.04. The topological polar surface area (TPSA) is 57.6 Å². The van der Waals surface area contributed by atoms with E-state index in [1.165, 1.54) is 11.8 Å². The molecule has 1 N–H and O–H groups in total. The van der Waals surface area contributed by atoms with Crippen LogP contribution in [0.1, 0.15) is 24.2 Å². The zero-order valence-corrected chi connectivity index (χ0v) is 10.7. The Bertz CT molecular complexity index is 491. The fourth-order valence-corrected chi connectivity index (χ4v) is 1.60. The van der Waals surface area contributed by atoms with Crippen molar-refractivity contribution in [1.29, 1.82) is 0 Å². The Kier molecular flexibility index (Phi) is 4.97. The van der Waals surface area contributed by atoms with Crippen LogP contribution >= 0.6 is 0 Å². The van der Waals surface area contributed by atoms with Crippen molar-refractivity contribution in [2.45, 2.75) is 13.8 Å². The van der Waals surface area contributed by atoms with E-state index in [2.05, 4.69) is 0 Å². The summed E-state index contributed by atoms with van der Waals surface area (Å²) in [6.45, 7) is 3.34. The van der Waals surface area contributed by atoms with Crippen LogP contribution in [0.15, 0.2) is 18.2 Å². The van der Waals surface area contributed by atoms with Gasteiger partial charge in [-0.15, -0.1) is 0 Å². The van der Waals surface area contributed by atoms with Gasteiger partial charge in [-0.2, -0.15) is 0 Å². The summed E-state index contributed by atoms with van der Waals surface area (Å²) in [6.07, 6.45) is 0. The molecule has 4 nitrogen and oxygen atoms in total. The van der Waals surface area contributed by atoms with Crippen molar-refractivity contribution < 1.29 is 23.5 Å². The number of halogens is 2. The molecule has 0 radical (unpaired) electrons. The summed E-state index contributed by atoms with van der Waals surface area (Å²) in [4.78, 5) is 24.0. The molecule has 0 bridgehead atoms. The number of carboxylic acids is 1. The fourth-order valence-electron chi connectivity index (χ4n) is 1.60. The van der Waals surface area contributed by atoms with E-state index < -0.39 is 29.4 Å². The van der Waals surface area contributed by atoms with Crippen LogP contribution in [0.2, 0.25) is 0 Å². The van der Waals surface area contributed by atoms with Crippen molar-refractivity contribution in [1.82, 2.24) is 4.90 Å². The van der Waals surface area contributed by atoms with Crippen LogP contribution in [0.4, 0.5) is 8.78 Å². The van der Waals surface area contributed by atoms with Crippen molar-refractivity contribution in [2.75, 3.05) is 13.1 Å². The Hall–Kier alpha value is -1.98. The summed E-state index contributed by atoms with van der Waals surface area (Å²) in [7, 11) is 0. The Labute approximate surface area is 109 Å². The minimum Gasteiger partial charge on any atom is -0.481 e. The van der Waals surface area contributed by atoms with Gasteiger partial charge in [0.2, 0.25) is 0 Å². The van der Waals surface area contributed by atoms with E-state index in [4.69, 9.17) is 5.11 Å². The lowest BCUT2D eigenvalue weighted by Gasteiger charge is -2.23. The number of carbonyl (C=O) groups is 2. The van der Waals surface area contributed by atoms with Crippen LogP contribution in [-0.4, -0.2) is 35.0 Å².